The van der Waals surface area contributed by atoms with Gasteiger partial charge in [0.2, 0.25) is 0 Å². The third-order valence-corrected chi connectivity index (χ3v) is 14.2. The Labute approximate surface area is 369 Å². The van der Waals surface area contributed by atoms with E-state index in [4.69, 9.17) is 18.9 Å². The minimum atomic E-state index is -3.94. The zero-order chi connectivity index (χ0) is 44.7. The molecule has 17 heteroatoms. The molecule has 0 radical (unpaired) electrons. The van der Waals surface area contributed by atoms with Crippen molar-refractivity contribution in [3.05, 3.63) is 143 Å². The molecule has 0 spiro atoms. The van der Waals surface area contributed by atoms with Crippen molar-refractivity contribution in [2.45, 2.75) is 87.0 Å². The van der Waals surface area contributed by atoms with Crippen LogP contribution in [0.2, 0.25) is 0 Å². The highest BCUT2D eigenvalue weighted by Crippen LogP contribution is 2.38. The monoisotopic (exact) mass is 898 g/mol. The molecule has 0 saturated heterocycles. The Morgan fingerprint density at radius 3 is 1.22 bits per heavy atom. The number of sulfonamides is 2. The maximum Gasteiger partial charge on any atom is 0.263 e. The number of hydrogen-bond donors (Lipinski definition) is 1. The summed E-state index contributed by atoms with van der Waals surface area (Å²) in [5.74, 6) is 2.86. The van der Waals surface area contributed by atoms with Gasteiger partial charge in [-0.15, -0.1) is 0 Å². The van der Waals surface area contributed by atoms with Crippen LogP contribution in [0.15, 0.2) is 125 Å². The van der Waals surface area contributed by atoms with Crippen LogP contribution in [0.25, 0.3) is 0 Å². The predicted molar refractivity (Wildman–Crippen MR) is 236 cm³/mol. The third-order valence-electron chi connectivity index (χ3n) is 10.8. The summed E-state index contributed by atoms with van der Waals surface area (Å²) in [6.07, 6.45) is 4.90. The second-order valence-electron chi connectivity index (χ2n) is 15.6. The summed E-state index contributed by atoms with van der Waals surface area (Å²) < 4.78 is 81.5. The Morgan fingerprint density at radius 2 is 0.905 bits per heavy atom. The molecule has 0 bridgehead atoms. The fourth-order valence-electron chi connectivity index (χ4n) is 6.89. The Balaban J connectivity index is 0.000000190. The molecule has 63 heavy (non-hydrogen) atoms. The quantitative estimate of drug-likeness (QED) is 0.0866. The Morgan fingerprint density at radius 1 is 0.556 bits per heavy atom. The Kier molecular flexibility index (Phi) is 14.2. The highest BCUT2D eigenvalue weighted by molar-refractivity contribution is 7.89. The van der Waals surface area contributed by atoms with Gasteiger partial charge >= 0.3 is 0 Å². The molecule has 2 fully saturated rings. The normalized spacial score (nSPS) is 14.5. The summed E-state index contributed by atoms with van der Waals surface area (Å²) in [6, 6.07) is 33.0. The summed E-state index contributed by atoms with van der Waals surface area (Å²) >= 11 is 0. The van der Waals surface area contributed by atoms with Gasteiger partial charge in [0, 0.05) is 38.4 Å². The summed E-state index contributed by atoms with van der Waals surface area (Å²) in [4.78, 5) is 0. The number of aliphatic hydroxyl groups is 1. The van der Waals surface area contributed by atoms with Crippen molar-refractivity contribution >= 4 is 20.0 Å². The summed E-state index contributed by atoms with van der Waals surface area (Å²) in [5.41, 5.74) is 3.91. The van der Waals surface area contributed by atoms with E-state index in [0.29, 0.717) is 23.2 Å². The molecule has 2 aliphatic rings. The van der Waals surface area contributed by atoms with Gasteiger partial charge in [0.25, 0.3) is 20.0 Å². The molecule has 2 aliphatic carbocycles. The van der Waals surface area contributed by atoms with Crippen molar-refractivity contribution in [3.63, 3.8) is 0 Å². The molecular weight excluding hydrogens is 845 g/mol. The van der Waals surface area contributed by atoms with E-state index in [1.807, 2.05) is 72.8 Å². The average molecular weight is 899 g/mol. The van der Waals surface area contributed by atoms with Gasteiger partial charge in [0.1, 0.15) is 23.0 Å². The minimum absolute atomic E-state index is 0.0488. The van der Waals surface area contributed by atoms with Crippen molar-refractivity contribution in [2.24, 2.45) is 0 Å². The first-order valence-electron chi connectivity index (χ1n) is 20.7. The van der Waals surface area contributed by atoms with Crippen LogP contribution in [0.4, 0.5) is 0 Å². The average Bonchev–Trinajstić information content (AvgIpc) is 4.24. The van der Waals surface area contributed by atoms with Gasteiger partial charge in [-0.05, 0) is 109 Å². The molecule has 2 heterocycles. The van der Waals surface area contributed by atoms with Gasteiger partial charge in [-0.3, -0.25) is 9.36 Å². The van der Waals surface area contributed by atoms with E-state index >= 15 is 0 Å². The molecule has 2 saturated carbocycles. The molecule has 0 amide bonds. The lowest BCUT2D eigenvalue weighted by Gasteiger charge is -2.21. The van der Waals surface area contributed by atoms with Gasteiger partial charge < -0.3 is 24.1 Å². The number of ether oxygens (including phenoxy) is 4. The molecule has 8 rings (SSSR count). The van der Waals surface area contributed by atoms with E-state index in [9.17, 15) is 21.9 Å². The van der Waals surface area contributed by atoms with Crippen LogP contribution >= 0.6 is 0 Å². The number of benzene rings is 4. The van der Waals surface area contributed by atoms with Crippen molar-refractivity contribution in [3.8, 4) is 23.0 Å². The summed E-state index contributed by atoms with van der Waals surface area (Å²) in [7, 11) is -1.33. The largest absolute Gasteiger partial charge is 0.497 e. The predicted octanol–water partition coefficient (Wildman–Crippen LogP) is 7.31. The number of nitrogens with zero attached hydrogens (tertiary/aromatic N) is 6. The van der Waals surface area contributed by atoms with E-state index in [1.54, 1.807) is 81.3 Å². The summed E-state index contributed by atoms with van der Waals surface area (Å²) in [5, 5.41) is 19.0. The molecular formula is C46H54N6O9S2. The van der Waals surface area contributed by atoms with E-state index in [2.05, 4.69) is 10.2 Å². The smallest absolute Gasteiger partial charge is 0.263 e. The summed E-state index contributed by atoms with van der Waals surface area (Å²) in [6.45, 7) is 2.42. The number of hydrogen-bond acceptors (Lipinski definition) is 11. The Hall–Kier alpha value is -5.72. The SMILES string of the molecule is COc1ccc(CN(Cc2ccc(OC)cc2)S(=O)(=O)c2cc(C(C)O)n(C3CC3)n2)cc1.COc1ccc(CN(Cc2ccc(OC)cc2)S(=O)(=O)c2ccn(C3CC3)n2)cc1. The van der Waals surface area contributed by atoms with Crippen LogP contribution in [0.1, 0.15) is 78.7 Å². The lowest BCUT2D eigenvalue weighted by Crippen LogP contribution is -2.30. The fourth-order valence-corrected chi connectivity index (χ4v) is 9.59. The van der Waals surface area contributed by atoms with E-state index in [-0.39, 0.29) is 42.3 Å². The molecule has 6 aromatic rings. The maximum atomic E-state index is 13.7. The van der Waals surface area contributed by atoms with Gasteiger partial charge in [0.15, 0.2) is 10.1 Å². The molecule has 1 N–H and O–H groups in total. The standard InChI is InChI=1S/C24H29N3O5S.C22H25N3O4S/c1-17(28)23-14-24(25-27(23)20-8-9-20)33(29,30)26(15-18-4-10-21(31-2)11-5-18)16-19-6-12-22(32-3)13-7-19;1-28-20-9-3-17(4-10-20)15-24(16-18-5-11-21(29-2)12-6-18)30(26,27)22-13-14-25(23-22)19-7-8-19/h4-7,10-14,17,20,28H,8-9,15-16H2,1-3H3;3-6,9-14,19H,7-8,15-16H2,1-2H3. The van der Waals surface area contributed by atoms with Crippen LogP contribution in [0.5, 0.6) is 23.0 Å². The maximum absolute atomic E-state index is 13.7. The molecule has 0 aliphatic heterocycles. The van der Waals surface area contributed by atoms with Gasteiger partial charge in [-0.2, -0.15) is 18.8 Å². The van der Waals surface area contributed by atoms with Crippen molar-refractivity contribution in [1.29, 1.82) is 0 Å². The molecule has 2 aromatic heterocycles. The first-order valence-corrected chi connectivity index (χ1v) is 23.5. The van der Waals surface area contributed by atoms with E-state index in [0.717, 1.165) is 59.4 Å². The van der Waals surface area contributed by atoms with E-state index in [1.165, 1.54) is 14.7 Å². The van der Waals surface area contributed by atoms with Crippen molar-refractivity contribution < 1.29 is 40.9 Å². The Bertz CT molecular complexity index is 2520. The number of methoxy groups -OCH3 is 4. The van der Waals surface area contributed by atoms with Crippen LogP contribution in [0, 0.1) is 0 Å². The molecule has 334 valence electrons. The van der Waals surface area contributed by atoms with Crippen LogP contribution in [-0.4, -0.2) is 78.6 Å². The van der Waals surface area contributed by atoms with Gasteiger partial charge in [0.05, 0.1) is 52.3 Å². The van der Waals surface area contributed by atoms with Crippen LogP contribution < -0.4 is 18.9 Å². The first kappa shape index (κ1) is 45.3. The highest BCUT2D eigenvalue weighted by Gasteiger charge is 2.34. The van der Waals surface area contributed by atoms with E-state index < -0.39 is 26.2 Å². The third kappa shape index (κ3) is 11.3. The van der Waals surface area contributed by atoms with Gasteiger partial charge in [-0.25, -0.2) is 16.8 Å². The van der Waals surface area contributed by atoms with Crippen LogP contribution in [-0.2, 0) is 46.2 Å². The topological polar surface area (TPSA) is 168 Å². The zero-order valence-corrected chi connectivity index (χ0v) is 37.7. The zero-order valence-electron chi connectivity index (χ0n) is 36.1. The molecule has 1 atom stereocenters. The highest BCUT2D eigenvalue weighted by atomic mass is 32.2. The van der Waals surface area contributed by atoms with Crippen molar-refractivity contribution in [2.75, 3.05) is 28.4 Å². The van der Waals surface area contributed by atoms with Crippen molar-refractivity contribution in [1.82, 2.24) is 28.2 Å². The fraction of sp³-hybridized carbons (Fsp3) is 0.348. The molecule has 4 aromatic carbocycles. The second kappa shape index (κ2) is 19.8. The lowest BCUT2D eigenvalue weighted by atomic mass is 10.2. The number of rotatable bonds is 19. The van der Waals surface area contributed by atoms with Gasteiger partial charge in [-0.1, -0.05) is 48.5 Å². The number of aliphatic hydroxyl groups excluding tert-OH is 1. The minimum Gasteiger partial charge on any atom is -0.497 e. The number of aromatic nitrogens is 4. The van der Waals surface area contributed by atoms with Crippen LogP contribution in [0.3, 0.4) is 0 Å². The lowest BCUT2D eigenvalue weighted by molar-refractivity contribution is 0.187. The molecule has 1 unspecified atom stereocenters. The first-order chi connectivity index (χ1) is 30.3. The molecule has 15 nitrogen and oxygen atoms in total. The second-order valence-corrected chi connectivity index (χ2v) is 19.3.